The predicted molar refractivity (Wildman–Crippen MR) is 64.0 cm³/mol. The van der Waals surface area contributed by atoms with Crippen molar-refractivity contribution in [1.82, 2.24) is 4.90 Å². The molecule has 0 N–H and O–H groups in total. The molecule has 0 spiro atoms. The zero-order valence-corrected chi connectivity index (χ0v) is 10.0. The van der Waals surface area contributed by atoms with Crippen molar-refractivity contribution in [2.45, 2.75) is 13.0 Å². The van der Waals surface area contributed by atoms with Gasteiger partial charge in [0.25, 0.3) is 5.69 Å². The Labute approximate surface area is 104 Å². The number of hydrogen-bond donors (Lipinski definition) is 0. The maximum absolute atomic E-state index is 11.5. The summed E-state index contributed by atoms with van der Waals surface area (Å²) in [6.45, 7) is 3.12. The Morgan fingerprint density at radius 2 is 2.11 bits per heavy atom. The first-order chi connectivity index (χ1) is 8.61. The highest BCUT2D eigenvalue weighted by Crippen LogP contribution is 2.24. The third kappa shape index (κ3) is 2.48. The summed E-state index contributed by atoms with van der Waals surface area (Å²) in [5, 5.41) is 10.6. The van der Waals surface area contributed by atoms with Crippen LogP contribution in [0.1, 0.15) is 18.6 Å². The fourth-order valence-corrected chi connectivity index (χ4v) is 1.94. The van der Waals surface area contributed by atoms with Crippen LogP contribution in [0.4, 0.5) is 5.69 Å². The van der Waals surface area contributed by atoms with E-state index in [2.05, 4.69) is 0 Å². The third-order valence-electron chi connectivity index (χ3n) is 3.00. The molecule has 1 aliphatic heterocycles. The molecular weight excluding hydrogens is 236 g/mol. The average Bonchev–Trinajstić information content (AvgIpc) is 2.39. The van der Waals surface area contributed by atoms with Crippen LogP contribution in [0.25, 0.3) is 0 Å². The summed E-state index contributed by atoms with van der Waals surface area (Å²) in [7, 11) is 0. The van der Waals surface area contributed by atoms with Crippen LogP contribution < -0.4 is 0 Å². The van der Waals surface area contributed by atoms with Crippen molar-refractivity contribution in [3.63, 3.8) is 0 Å². The fourth-order valence-electron chi connectivity index (χ4n) is 1.94. The minimum absolute atomic E-state index is 0.0179. The molecule has 1 fully saturated rings. The van der Waals surface area contributed by atoms with Crippen LogP contribution in [0.15, 0.2) is 24.3 Å². The van der Waals surface area contributed by atoms with E-state index < -0.39 is 4.92 Å². The highest BCUT2D eigenvalue weighted by atomic mass is 16.6. The Kier molecular flexibility index (Phi) is 3.57. The molecule has 0 aliphatic carbocycles. The van der Waals surface area contributed by atoms with Crippen molar-refractivity contribution in [2.75, 3.05) is 19.7 Å². The van der Waals surface area contributed by atoms with Gasteiger partial charge in [-0.2, -0.15) is 0 Å². The number of carbonyl (C=O) groups excluding carboxylic acids is 1. The van der Waals surface area contributed by atoms with E-state index in [0.29, 0.717) is 13.1 Å². The number of nitro groups is 1. The van der Waals surface area contributed by atoms with E-state index in [9.17, 15) is 14.9 Å². The SMILES string of the molecule is CCN1C[C@@H](c2ccc([N+](=O)[O-])cc2)OCC1=O. The van der Waals surface area contributed by atoms with Crippen molar-refractivity contribution in [2.24, 2.45) is 0 Å². The number of nitro benzene ring substituents is 1. The maximum Gasteiger partial charge on any atom is 0.269 e. The minimum atomic E-state index is -0.437. The molecule has 18 heavy (non-hydrogen) atoms. The topological polar surface area (TPSA) is 72.7 Å². The summed E-state index contributed by atoms with van der Waals surface area (Å²) in [6.07, 6.45) is -0.205. The van der Waals surface area contributed by atoms with E-state index in [-0.39, 0.29) is 24.3 Å². The minimum Gasteiger partial charge on any atom is -0.362 e. The number of morpholine rings is 1. The average molecular weight is 250 g/mol. The zero-order valence-electron chi connectivity index (χ0n) is 10.0. The molecule has 0 saturated carbocycles. The molecule has 0 radical (unpaired) electrons. The second-order valence-corrected chi connectivity index (χ2v) is 4.08. The Bertz CT molecular complexity index is 458. The van der Waals surface area contributed by atoms with Gasteiger partial charge >= 0.3 is 0 Å². The van der Waals surface area contributed by atoms with Gasteiger partial charge in [0.15, 0.2) is 0 Å². The van der Waals surface area contributed by atoms with Crippen molar-refractivity contribution >= 4 is 11.6 Å². The third-order valence-corrected chi connectivity index (χ3v) is 3.00. The molecule has 1 aliphatic rings. The molecule has 2 rings (SSSR count). The lowest BCUT2D eigenvalue weighted by Crippen LogP contribution is -2.42. The molecule has 1 atom stereocenters. The second kappa shape index (κ2) is 5.14. The summed E-state index contributed by atoms with van der Waals surface area (Å²) in [6, 6.07) is 6.25. The Morgan fingerprint density at radius 1 is 1.44 bits per heavy atom. The highest BCUT2D eigenvalue weighted by molar-refractivity contribution is 5.78. The number of nitrogens with zero attached hydrogens (tertiary/aromatic N) is 2. The van der Waals surface area contributed by atoms with Crippen LogP contribution in [0.2, 0.25) is 0 Å². The van der Waals surface area contributed by atoms with Gasteiger partial charge in [-0.25, -0.2) is 0 Å². The molecule has 1 aromatic rings. The van der Waals surface area contributed by atoms with E-state index in [1.165, 1.54) is 12.1 Å². The van der Waals surface area contributed by atoms with Crippen LogP contribution in [0, 0.1) is 10.1 Å². The molecular formula is C12H14N2O4. The number of hydrogen-bond acceptors (Lipinski definition) is 4. The van der Waals surface area contributed by atoms with E-state index in [4.69, 9.17) is 4.74 Å². The molecule has 96 valence electrons. The van der Waals surface area contributed by atoms with Gasteiger partial charge < -0.3 is 9.64 Å². The van der Waals surface area contributed by atoms with Gasteiger partial charge in [0, 0.05) is 18.7 Å². The van der Waals surface area contributed by atoms with Crippen molar-refractivity contribution in [3.05, 3.63) is 39.9 Å². The standard InChI is InChI=1S/C12H14N2O4/c1-2-13-7-11(18-8-12(13)15)9-3-5-10(6-4-9)14(16)17/h3-6,11H,2,7-8H2,1H3/t11-/m0/s1. The smallest absolute Gasteiger partial charge is 0.269 e. The van der Waals surface area contributed by atoms with Gasteiger partial charge in [-0.1, -0.05) is 0 Å². The van der Waals surface area contributed by atoms with E-state index >= 15 is 0 Å². The largest absolute Gasteiger partial charge is 0.362 e. The fraction of sp³-hybridized carbons (Fsp3) is 0.417. The predicted octanol–water partition coefficient (Wildman–Crippen LogP) is 1.51. The monoisotopic (exact) mass is 250 g/mol. The van der Waals surface area contributed by atoms with Gasteiger partial charge in [-0.05, 0) is 24.6 Å². The number of ether oxygens (including phenoxy) is 1. The lowest BCUT2D eigenvalue weighted by Gasteiger charge is -2.32. The van der Waals surface area contributed by atoms with Crippen LogP contribution in [-0.2, 0) is 9.53 Å². The van der Waals surface area contributed by atoms with Crippen molar-refractivity contribution in [1.29, 1.82) is 0 Å². The first-order valence-corrected chi connectivity index (χ1v) is 5.75. The van der Waals surface area contributed by atoms with E-state index in [1.807, 2.05) is 6.92 Å². The van der Waals surface area contributed by atoms with Gasteiger partial charge in [-0.3, -0.25) is 14.9 Å². The van der Waals surface area contributed by atoms with E-state index in [1.54, 1.807) is 17.0 Å². The Morgan fingerprint density at radius 3 is 2.67 bits per heavy atom. The Hall–Kier alpha value is -1.95. The summed E-state index contributed by atoms with van der Waals surface area (Å²) in [4.78, 5) is 23.3. The molecule has 0 aromatic heterocycles. The van der Waals surface area contributed by atoms with Crippen molar-refractivity contribution in [3.8, 4) is 0 Å². The maximum atomic E-state index is 11.5. The molecule has 1 amide bonds. The molecule has 0 unspecified atom stereocenters. The molecule has 1 saturated heterocycles. The van der Waals surface area contributed by atoms with Gasteiger partial charge in [0.05, 0.1) is 11.5 Å². The summed E-state index contributed by atoms with van der Waals surface area (Å²) in [5.41, 5.74) is 0.907. The molecule has 6 nitrogen and oxygen atoms in total. The second-order valence-electron chi connectivity index (χ2n) is 4.08. The van der Waals surface area contributed by atoms with Crippen LogP contribution in [0.5, 0.6) is 0 Å². The van der Waals surface area contributed by atoms with Gasteiger partial charge in [0.1, 0.15) is 12.7 Å². The molecule has 6 heteroatoms. The summed E-state index contributed by atoms with van der Waals surface area (Å²) >= 11 is 0. The number of non-ortho nitro benzene ring substituents is 1. The molecule has 0 bridgehead atoms. The van der Waals surface area contributed by atoms with Crippen LogP contribution >= 0.6 is 0 Å². The number of amides is 1. The lowest BCUT2D eigenvalue weighted by atomic mass is 10.1. The zero-order chi connectivity index (χ0) is 13.1. The van der Waals surface area contributed by atoms with E-state index in [0.717, 1.165) is 5.56 Å². The quantitative estimate of drug-likeness (QED) is 0.602. The number of likely N-dealkylation sites (N-methyl/N-ethyl adjacent to an activating group) is 1. The molecule has 1 aromatic carbocycles. The number of rotatable bonds is 3. The first kappa shape index (κ1) is 12.5. The number of carbonyl (C=O) groups is 1. The molecule has 1 heterocycles. The summed E-state index contributed by atoms with van der Waals surface area (Å²) < 4.78 is 5.45. The summed E-state index contributed by atoms with van der Waals surface area (Å²) in [5.74, 6) is -0.0179. The van der Waals surface area contributed by atoms with Crippen LogP contribution in [0.3, 0.4) is 0 Å². The van der Waals surface area contributed by atoms with Gasteiger partial charge in [-0.15, -0.1) is 0 Å². The normalized spacial score (nSPS) is 19.9. The number of benzene rings is 1. The van der Waals surface area contributed by atoms with Crippen molar-refractivity contribution < 1.29 is 14.5 Å². The Balaban J connectivity index is 2.12. The van der Waals surface area contributed by atoms with Gasteiger partial charge in [0.2, 0.25) is 5.91 Å². The first-order valence-electron chi connectivity index (χ1n) is 5.75. The highest BCUT2D eigenvalue weighted by Gasteiger charge is 2.26. The lowest BCUT2D eigenvalue weighted by molar-refractivity contribution is -0.384. The van der Waals surface area contributed by atoms with Crippen LogP contribution in [-0.4, -0.2) is 35.4 Å².